The lowest BCUT2D eigenvalue weighted by atomic mass is 10.00. The standard InChI is InChI=1S/C21H24N4O3/c1-4-25-12-17(14(3)23-25)18-11-20(28-24-18)21(26)22-13(2)15-7-8-19-16(10-15)6-5-9-27-19/h7-8,10-13H,4-6,9H2,1-3H3,(H,22,26)/t13-/m1/s1. The van der Waals surface area contributed by atoms with Crippen molar-refractivity contribution in [3.8, 4) is 17.0 Å². The van der Waals surface area contributed by atoms with Crippen LogP contribution in [0.2, 0.25) is 0 Å². The van der Waals surface area contributed by atoms with Crippen LogP contribution in [0.15, 0.2) is 35.0 Å². The number of nitrogens with zero attached hydrogens (tertiary/aromatic N) is 3. The Morgan fingerprint density at radius 3 is 3.00 bits per heavy atom. The Morgan fingerprint density at radius 1 is 1.36 bits per heavy atom. The zero-order chi connectivity index (χ0) is 19.7. The van der Waals surface area contributed by atoms with Gasteiger partial charge in [-0.1, -0.05) is 17.3 Å². The quantitative estimate of drug-likeness (QED) is 0.730. The lowest BCUT2D eigenvalue weighted by Crippen LogP contribution is -2.26. The Kier molecular flexibility index (Phi) is 4.90. The number of rotatable bonds is 5. The molecule has 0 fully saturated rings. The average molecular weight is 380 g/mol. The normalized spacial score (nSPS) is 14.2. The molecule has 1 aromatic carbocycles. The number of hydrogen-bond donors (Lipinski definition) is 1. The minimum atomic E-state index is -0.291. The van der Waals surface area contributed by atoms with E-state index in [-0.39, 0.29) is 17.7 Å². The van der Waals surface area contributed by atoms with E-state index in [4.69, 9.17) is 9.26 Å². The fourth-order valence-electron chi connectivity index (χ4n) is 3.44. The summed E-state index contributed by atoms with van der Waals surface area (Å²) in [5.41, 5.74) is 4.56. The third-order valence-corrected chi connectivity index (χ3v) is 5.06. The number of aryl methyl sites for hydroxylation is 3. The monoisotopic (exact) mass is 380 g/mol. The fraction of sp³-hybridized carbons (Fsp3) is 0.381. The minimum absolute atomic E-state index is 0.155. The van der Waals surface area contributed by atoms with Crippen LogP contribution in [0, 0.1) is 6.92 Å². The molecule has 1 atom stereocenters. The number of nitrogens with one attached hydrogen (secondary N) is 1. The molecule has 0 aliphatic carbocycles. The number of fused-ring (bicyclic) bond motifs is 1. The van der Waals surface area contributed by atoms with Gasteiger partial charge in [-0.05, 0) is 50.8 Å². The molecule has 28 heavy (non-hydrogen) atoms. The van der Waals surface area contributed by atoms with Gasteiger partial charge >= 0.3 is 0 Å². The van der Waals surface area contributed by atoms with E-state index in [0.29, 0.717) is 5.69 Å². The molecule has 0 unspecified atom stereocenters. The average Bonchev–Trinajstić information content (AvgIpc) is 3.34. The maximum absolute atomic E-state index is 12.6. The van der Waals surface area contributed by atoms with Crippen LogP contribution in [0.5, 0.6) is 5.75 Å². The summed E-state index contributed by atoms with van der Waals surface area (Å²) in [4.78, 5) is 12.6. The highest BCUT2D eigenvalue weighted by Gasteiger charge is 2.20. The van der Waals surface area contributed by atoms with Crippen molar-refractivity contribution in [2.75, 3.05) is 6.61 Å². The Balaban J connectivity index is 1.48. The minimum Gasteiger partial charge on any atom is -0.493 e. The second kappa shape index (κ2) is 7.50. The SMILES string of the molecule is CCn1cc(-c2cc(C(=O)N[C@H](C)c3ccc4c(c3)CCCO4)on2)c(C)n1. The molecule has 3 aromatic rings. The Morgan fingerprint density at radius 2 is 2.21 bits per heavy atom. The zero-order valence-corrected chi connectivity index (χ0v) is 16.4. The highest BCUT2D eigenvalue weighted by molar-refractivity contribution is 5.92. The van der Waals surface area contributed by atoms with E-state index in [1.165, 1.54) is 5.56 Å². The first-order valence-corrected chi connectivity index (χ1v) is 9.62. The van der Waals surface area contributed by atoms with Crippen LogP contribution in [-0.2, 0) is 13.0 Å². The summed E-state index contributed by atoms with van der Waals surface area (Å²) in [7, 11) is 0. The Bertz CT molecular complexity index is 1010. The zero-order valence-electron chi connectivity index (χ0n) is 16.4. The first-order chi connectivity index (χ1) is 13.5. The molecule has 7 nitrogen and oxygen atoms in total. The highest BCUT2D eigenvalue weighted by Crippen LogP contribution is 2.28. The predicted octanol–water partition coefficient (Wildman–Crippen LogP) is 3.68. The van der Waals surface area contributed by atoms with Gasteiger partial charge in [0.25, 0.3) is 5.91 Å². The molecule has 146 valence electrons. The Labute approximate surface area is 163 Å². The number of benzene rings is 1. The summed E-state index contributed by atoms with van der Waals surface area (Å²) in [6.45, 7) is 7.43. The number of carbonyl (C=O) groups excluding carboxylic acids is 1. The Hall–Kier alpha value is -3.09. The molecule has 1 aliphatic heterocycles. The second-order valence-corrected chi connectivity index (χ2v) is 7.07. The van der Waals surface area contributed by atoms with Crippen LogP contribution >= 0.6 is 0 Å². The van der Waals surface area contributed by atoms with E-state index in [9.17, 15) is 4.79 Å². The van der Waals surface area contributed by atoms with Crippen LogP contribution in [0.1, 0.15) is 53.7 Å². The van der Waals surface area contributed by atoms with Crippen molar-refractivity contribution >= 4 is 5.91 Å². The largest absolute Gasteiger partial charge is 0.493 e. The van der Waals surface area contributed by atoms with Gasteiger partial charge in [0, 0.05) is 24.4 Å². The lowest BCUT2D eigenvalue weighted by molar-refractivity contribution is 0.0902. The molecule has 7 heteroatoms. The van der Waals surface area contributed by atoms with Crippen LogP contribution in [0.3, 0.4) is 0 Å². The number of hydrogen-bond acceptors (Lipinski definition) is 5. The topological polar surface area (TPSA) is 82.2 Å². The molecule has 1 N–H and O–H groups in total. The number of amides is 1. The molecule has 0 bridgehead atoms. The molecular weight excluding hydrogens is 356 g/mol. The molecule has 1 amide bonds. The van der Waals surface area contributed by atoms with Crippen LogP contribution in [0.4, 0.5) is 0 Å². The first-order valence-electron chi connectivity index (χ1n) is 9.62. The van der Waals surface area contributed by atoms with Gasteiger partial charge in [-0.25, -0.2) is 0 Å². The second-order valence-electron chi connectivity index (χ2n) is 7.07. The third-order valence-electron chi connectivity index (χ3n) is 5.06. The molecule has 0 saturated carbocycles. The van der Waals surface area contributed by atoms with Gasteiger partial charge < -0.3 is 14.6 Å². The van der Waals surface area contributed by atoms with E-state index >= 15 is 0 Å². The summed E-state index contributed by atoms with van der Waals surface area (Å²) in [6.07, 6.45) is 3.93. The molecule has 1 aliphatic rings. The van der Waals surface area contributed by atoms with Crippen LogP contribution in [-0.4, -0.2) is 27.5 Å². The number of ether oxygens (including phenoxy) is 1. The molecule has 0 spiro atoms. The molecule has 2 aromatic heterocycles. The van der Waals surface area contributed by atoms with E-state index in [2.05, 4.69) is 21.6 Å². The predicted molar refractivity (Wildman–Crippen MR) is 104 cm³/mol. The summed E-state index contributed by atoms with van der Waals surface area (Å²) >= 11 is 0. The van der Waals surface area contributed by atoms with Gasteiger partial charge in [0.2, 0.25) is 5.76 Å². The van der Waals surface area contributed by atoms with Gasteiger partial charge in [-0.2, -0.15) is 5.10 Å². The van der Waals surface area contributed by atoms with Gasteiger partial charge in [-0.3, -0.25) is 9.48 Å². The van der Waals surface area contributed by atoms with Crippen molar-refractivity contribution in [3.63, 3.8) is 0 Å². The van der Waals surface area contributed by atoms with Crippen molar-refractivity contribution in [2.45, 2.75) is 46.2 Å². The number of carbonyl (C=O) groups is 1. The molecule has 4 rings (SSSR count). The van der Waals surface area contributed by atoms with Crippen molar-refractivity contribution in [2.24, 2.45) is 0 Å². The smallest absolute Gasteiger partial charge is 0.290 e. The van der Waals surface area contributed by atoms with Crippen molar-refractivity contribution < 1.29 is 14.1 Å². The summed E-state index contributed by atoms with van der Waals surface area (Å²) in [5, 5.41) is 11.4. The summed E-state index contributed by atoms with van der Waals surface area (Å²) in [6, 6.07) is 7.58. The maximum Gasteiger partial charge on any atom is 0.290 e. The van der Waals surface area contributed by atoms with Crippen molar-refractivity contribution in [1.29, 1.82) is 0 Å². The maximum atomic E-state index is 12.6. The fourth-order valence-corrected chi connectivity index (χ4v) is 3.44. The highest BCUT2D eigenvalue weighted by atomic mass is 16.5. The molecule has 0 saturated heterocycles. The van der Waals surface area contributed by atoms with E-state index in [1.807, 2.05) is 43.8 Å². The van der Waals surface area contributed by atoms with E-state index < -0.39 is 0 Å². The number of aromatic nitrogens is 3. The van der Waals surface area contributed by atoms with Gasteiger partial charge in [0.1, 0.15) is 11.4 Å². The van der Waals surface area contributed by atoms with Gasteiger partial charge in [0.15, 0.2) is 0 Å². The van der Waals surface area contributed by atoms with Gasteiger partial charge in [-0.15, -0.1) is 0 Å². The lowest BCUT2D eigenvalue weighted by Gasteiger charge is -2.20. The summed E-state index contributed by atoms with van der Waals surface area (Å²) < 4.78 is 12.8. The van der Waals surface area contributed by atoms with E-state index in [1.54, 1.807) is 6.07 Å². The molecule has 0 radical (unpaired) electrons. The molecule has 3 heterocycles. The first kappa shape index (κ1) is 18.3. The van der Waals surface area contributed by atoms with E-state index in [0.717, 1.165) is 48.6 Å². The van der Waals surface area contributed by atoms with Crippen molar-refractivity contribution in [3.05, 3.63) is 53.0 Å². The molecular formula is C21H24N4O3. The summed E-state index contributed by atoms with van der Waals surface area (Å²) in [5.74, 6) is 0.837. The van der Waals surface area contributed by atoms with Crippen LogP contribution in [0.25, 0.3) is 11.3 Å². The third kappa shape index (κ3) is 3.52. The van der Waals surface area contributed by atoms with Gasteiger partial charge in [0.05, 0.1) is 18.3 Å². The van der Waals surface area contributed by atoms with Crippen molar-refractivity contribution in [1.82, 2.24) is 20.3 Å². The van der Waals surface area contributed by atoms with Crippen LogP contribution < -0.4 is 10.1 Å².